The maximum absolute atomic E-state index is 14.2. The second-order valence-electron chi connectivity index (χ2n) is 6.68. The molecule has 1 atom stereocenters. The molecule has 148 valence electrons. The molecule has 1 aliphatic rings. The van der Waals surface area contributed by atoms with E-state index < -0.39 is 27.5 Å². The molecule has 1 fully saturated rings. The Labute approximate surface area is 161 Å². The van der Waals surface area contributed by atoms with Crippen LogP contribution in [0.4, 0.5) is 18.9 Å². The van der Waals surface area contributed by atoms with Crippen LogP contribution in [0.5, 0.6) is 0 Å². The zero-order valence-corrected chi connectivity index (χ0v) is 15.8. The van der Waals surface area contributed by atoms with E-state index in [1.54, 1.807) is 36.4 Å². The van der Waals surface area contributed by atoms with Crippen LogP contribution in [0.1, 0.15) is 18.4 Å². The summed E-state index contributed by atoms with van der Waals surface area (Å²) in [7, 11) is -4.51. The number of nitrogen functional groups attached to an aromatic ring is 1. The molecule has 2 N–H and O–H groups in total. The molecular formula is C20H18F3NO3S. The van der Waals surface area contributed by atoms with Crippen LogP contribution in [0, 0.1) is 17.8 Å². The third-order valence-electron chi connectivity index (χ3n) is 4.24. The predicted octanol–water partition coefficient (Wildman–Crippen LogP) is 4.08. The lowest BCUT2D eigenvalue weighted by molar-refractivity contribution is -0.228. The van der Waals surface area contributed by atoms with Crippen molar-refractivity contribution in [3.8, 4) is 23.0 Å². The fourth-order valence-electron chi connectivity index (χ4n) is 2.73. The maximum atomic E-state index is 14.2. The van der Waals surface area contributed by atoms with Gasteiger partial charge in [0.25, 0.3) is 15.7 Å². The van der Waals surface area contributed by atoms with Crippen LogP contribution < -0.4 is 5.73 Å². The number of halogens is 3. The third-order valence-corrected chi connectivity index (χ3v) is 4.80. The van der Waals surface area contributed by atoms with Gasteiger partial charge in [0.2, 0.25) is 0 Å². The molecule has 0 aromatic heterocycles. The van der Waals surface area contributed by atoms with Crippen molar-refractivity contribution in [3.05, 3.63) is 54.1 Å². The lowest BCUT2D eigenvalue weighted by Crippen LogP contribution is -2.45. The summed E-state index contributed by atoms with van der Waals surface area (Å²) < 4.78 is 70.8. The first-order chi connectivity index (χ1) is 13.0. The van der Waals surface area contributed by atoms with Gasteiger partial charge in [-0.05, 0) is 36.1 Å². The van der Waals surface area contributed by atoms with Crippen molar-refractivity contribution >= 4 is 15.8 Å². The zero-order valence-electron chi connectivity index (χ0n) is 15.0. The van der Waals surface area contributed by atoms with E-state index in [0.29, 0.717) is 30.2 Å². The van der Waals surface area contributed by atoms with Crippen molar-refractivity contribution in [2.24, 2.45) is 5.92 Å². The molecule has 2 aromatic rings. The Morgan fingerprint density at radius 3 is 2.25 bits per heavy atom. The van der Waals surface area contributed by atoms with E-state index in [0.717, 1.165) is 0 Å². The number of anilines is 1. The molecule has 3 rings (SSSR count). The van der Waals surface area contributed by atoms with Gasteiger partial charge in [-0.25, -0.2) is 4.18 Å². The first-order valence-corrected chi connectivity index (χ1v) is 10.3. The monoisotopic (exact) mass is 409 g/mol. The number of alkyl halides is 3. The Balaban J connectivity index is 2.26. The van der Waals surface area contributed by atoms with E-state index in [2.05, 4.69) is 16.0 Å². The van der Waals surface area contributed by atoms with Gasteiger partial charge in [0.1, 0.15) is 0 Å². The van der Waals surface area contributed by atoms with Gasteiger partial charge in [-0.15, -0.1) is 0 Å². The predicted molar refractivity (Wildman–Crippen MR) is 100 cm³/mol. The first kappa shape index (κ1) is 20.2. The number of nitrogens with two attached hydrogens (primary N) is 1. The number of hydrogen-bond donors (Lipinski definition) is 1. The Bertz CT molecular complexity index is 1040. The molecule has 1 saturated carbocycles. The zero-order chi connectivity index (χ0) is 20.6. The van der Waals surface area contributed by atoms with Crippen LogP contribution in [-0.4, -0.2) is 20.8 Å². The highest BCUT2D eigenvalue weighted by Crippen LogP contribution is 2.46. The highest BCUT2D eigenvalue weighted by Gasteiger charge is 2.60. The smallest absolute Gasteiger partial charge is 0.398 e. The van der Waals surface area contributed by atoms with Crippen molar-refractivity contribution in [3.63, 3.8) is 0 Å². The minimum Gasteiger partial charge on any atom is -0.398 e. The highest BCUT2D eigenvalue weighted by molar-refractivity contribution is 7.86. The summed E-state index contributed by atoms with van der Waals surface area (Å²) in [6.07, 6.45) is -3.25. The van der Waals surface area contributed by atoms with Crippen LogP contribution in [0.25, 0.3) is 11.1 Å². The molecule has 0 bridgehead atoms. The molecule has 4 nitrogen and oxygen atoms in total. The molecule has 1 unspecified atom stereocenters. The average molecular weight is 409 g/mol. The number of hydrogen-bond acceptors (Lipinski definition) is 4. The van der Waals surface area contributed by atoms with Gasteiger partial charge in [-0.3, -0.25) is 0 Å². The van der Waals surface area contributed by atoms with E-state index in [1.165, 1.54) is 12.1 Å². The van der Waals surface area contributed by atoms with E-state index in [9.17, 15) is 21.6 Å². The minimum absolute atomic E-state index is 0.205. The van der Waals surface area contributed by atoms with Crippen LogP contribution >= 0.6 is 0 Å². The molecule has 0 aliphatic heterocycles. The fourth-order valence-corrected chi connectivity index (χ4v) is 3.41. The highest BCUT2D eigenvalue weighted by atomic mass is 32.2. The normalized spacial score (nSPS) is 16.7. The molecule has 0 radical (unpaired) electrons. The Morgan fingerprint density at radius 2 is 1.71 bits per heavy atom. The second-order valence-corrected chi connectivity index (χ2v) is 8.25. The van der Waals surface area contributed by atoms with Crippen LogP contribution in [0.15, 0.2) is 48.5 Å². The Hall–Kier alpha value is -2.50. The number of benzene rings is 2. The van der Waals surface area contributed by atoms with Crippen molar-refractivity contribution in [1.29, 1.82) is 0 Å². The van der Waals surface area contributed by atoms with Crippen molar-refractivity contribution in [2.75, 3.05) is 12.0 Å². The van der Waals surface area contributed by atoms with Gasteiger partial charge in [-0.1, -0.05) is 48.2 Å². The summed E-state index contributed by atoms with van der Waals surface area (Å²) in [6, 6.07) is 12.7. The van der Waals surface area contributed by atoms with Crippen LogP contribution in [0.2, 0.25) is 0 Å². The summed E-state index contributed by atoms with van der Waals surface area (Å²) in [6.45, 7) is 0. The van der Waals surface area contributed by atoms with Crippen molar-refractivity contribution < 1.29 is 25.8 Å². The summed E-state index contributed by atoms with van der Waals surface area (Å²) >= 11 is 0. The second kappa shape index (κ2) is 7.15. The van der Waals surface area contributed by atoms with Gasteiger partial charge in [0.15, 0.2) is 0 Å². The third kappa shape index (κ3) is 4.32. The largest absolute Gasteiger partial charge is 0.434 e. The maximum Gasteiger partial charge on any atom is 0.434 e. The van der Waals surface area contributed by atoms with E-state index in [-0.39, 0.29) is 11.6 Å². The SMILES string of the molecule is CS(=O)(=O)OC(C#CC1CC1)(c1cc(-c2ccccc2)ccc1N)C(F)(F)F. The lowest BCUT2D eigenvalue weighted by Gasteiger charge is -2.31. The molecule has 0 heterocycles. The van der Waals surface area contributed by atoms with E-state index >= 15 is 0 Å². The first-order valence-electron chi connectivity index (χ1n) is 8.47. The Morgan fingerprint density at radius 1 is 1.07 bits per heavy atom. The summed E-state index contributed by atoms with van der Waals surface area (Å²) in [4.78, 5) is 0. The molecule has 2 aromatic carbocycles. The Kier molecular flexibility index (Phi) is 5.17. The summed E-state index contributed by atoms with van der Waals surface area (Å²) in [5, 5.41) is 0. The summed E-state index contributed by atoms with van der Waals surface area (Å²) in [5.74, 6) is 4.36. The van der Waals surface area contributed by atoms with E-state index in [1.807, 2.05) is 0 Å². The topological polar surface area (TPSA) is 69.4 Å². The van der Waals surface area contributed by atoms with Crippen molar-refractivity contribution in [2.45, 2.75) is 24.6 Å². The van der Waals surface area contributed by atoms with Gasteiger partial charge >= 0.3 is 6.18 Å². The molecule has 0 spiro atoms. The van der Waals surface area contributed by atoms with Gasteiger partial charge in [0.05, 0.1) is 6.26 Å². The minimum atomic E-state index is -5.14. The molecule has 0 amide bonds. The summed E-state index contributed by atoms with van der Waals surface area (Å²) in [5.41, 5.74) is 2.75. The standard InChI is InChI=1S/C20H18F3NO3S/c1-28(25,26)27-19(20(21,22)23,12-11-14-7-8-14)17-13-16(9-10-18(17)24)15-5-3-2-4-6-15/h2-6,9-10,13-14H,7-8,24H2,1H3. The van der Waals surface area contributed by atoms with Crippen LogP contribution in [-0.2, 0) is 19.9 Å². The van der Waals surface area contributed by atoms with Crippen LogP contribution in [0.3, 0.4) is 0 Å². The fraction of sp³-hybridized carbons (Fsp3) is 0.300. The van der Waals surface area contributed by atoms with Gasteiger partial charge < -0.3 is 5.73 Å². The van der Waals surface area contributed by atoms with Gasteiger partial charge in [-0.2, -0.15) is 21.6 Å². The molecule has 1 aliphatic carbocycles. The van der Waals surface area contributed by atoms with Gasteiger partial charge in [0, 0.05) is 17.2 Å². The lowest BCUT2D eigenvalue weighted by atomic mass is 9.89. The average Bonchev–Trinajstić information content (AvgIpc) is 3.42. The van der Waals surface area contributed by atoms with Crippen molar-refractivity contribution in [1.82, 2.24) is 0 Å². The molecule has 8 heteroatoms. The quantitative estimate of drug-likeness (QED) is 0.469. The van der Waals surface area contributed by atoms with E-state index in [4.69, 9.17) is 5.73 Å². The molecular weight excluding hydrogens is 391 g/mol. The number of rotatable bonds is 4. The molecule has 0 saturated heterocycles. The molecule has 28 heavy (non-hydrogen) atoms.